The predicted molar refractivity (Wildman–Crippen MR) is 101 cm³/mol. The topological polar surface area (TPSA) is 55.3 Å². The van der Waals surface area contributed by atoms with Gasteiger partial charge in [0.1, 0.15) is 0 Å². The molecule has 0 N–H and O–H groups in total. The lowest BCUT2D eigenvalue weighted by atomic mass is 10.0. The van der Waals surface area contributed by atoms with E-state index in [0.29, 0.717) is 0 Å². The number of carbonyl (C=O) groups is 1. The standard InChI is InChI=1S/C18H21N3O2S2/c1-12(16(22)15-6-5-13-3-2-4-14(13)11-15)24-18-20-19-17(25-18)21-7-9-23-10-8-21/h5-6,11-12H,2-4,7-10H2,1H3/t12-/m1/s1. The van der Waals surface area contributed by atoms with Crippen LogP contribution in [0, 0.1) is 0 Å². The minimum absolute atomic E-state index is 0.162. The van der Waals surface area contributed by atoms with Crippen LogP contribution in [0.25, 0.3) is 0 Å². The number of aryl methyl sites for hydroxylation is 2. The molecule has 2 aliphatic rings. The highest BCUT2D eigenvalue weighted by Crippen LogP contribution is 2.33. The molecule has 132 valence electrons. The molecule has 25 heavy (non-hydrogen) atoms. The summed E-state index contributed by atoms with van der Waals surface area (Å²) in [6.45, 7) is 5.12. The Kier molecular flexibility index (Phi) is 5.05. The Bertz CT molecular complexity index is 771. The zero-order chi connectivity index (χ0) is 17.2. The molecular weight excluding hydrogens is 354 g/mol. The van der Waals surface area contributed by atoms with Gasteiger partial charge < -0.3 is 9.64 Å². The van der Waals surface area contributed by atoms with Crippen molar-refractivity contribution >= 4 is 34.0 Å². The number of rotatable bonds is 5. The first kappa shape index (κ1) is 17.0. The van der Waals surface area contributed by atoms with Crippen molar-refractivity contribution in [2.75, 3.05) is 31.2 Å². The van der Waals surface area contributed by atoms with Crippen LogP contribution >= 0.6 is 23.1 Å². The summed E-state index contributed by atoms with van der Waals surface area (Å²) >= 11 is 3.06. The van der Waals surface area contributed by atoms with Crippen molar-refractivity contribution in [3.63, 3.8) is 0 Å². The number of fused-ring (bicyclic) bond motifs is 1. The van der Waals surface area contributed by atoms with Gasteiger partial charge in [-0.15, -0.1) is 10.2 Å². The number of morpholine rings is 1. The molecule has 1 aliphatic carbocycles. The Morgan fingerprint density at radius 3 is 2.88 bits per heavy atom. The fourth-order valence-corrected chi connectivity index (χ4v) is 5.41. The van der Waals surface area contributed by atoms with E-state index in [9.17, 15) is 4.79 Å². The van der Waals surface area contributed by atoms with Gasteiger partial charge in [0.05, 0.1) is 18.5 Å². The number of Topliss-reactive ketones (excluding diaryl/α,β-unsaturated/α-hetero) is 1. The Morgan fingerprint density at radius 1 is 1.24 bits per heavy atom. The lowest BCUT2D eigenvalue weighted by molar-refractivity contribution is 0.0994. The summed E-state index contributed by atoms with van der Waals surface area (Å²) in [5.41, 5.74) is 3.56. The minimum Gasteiger partial charge on any atom is -0.378 e. The van der Waals surface area contributed by atoms with Crippen molar-refractivity contribution in [1.82, 2.24) is 10.2 Å². The molecule has 0 saturated carbocycles. The lowest BCUT2D eigenvalue weighted by Gasteiger charge is -2.25. The van der Waals surface area contributed by atoms with Crippen LogP contribution in [0.15, 0.2) is 22.5 Å². The van der Waals surface area contributed by atoms with Crippen LogP contribution in [0.4, 0.5) is 5.13 Å². The van der Waals surface area contributed by atoms with Crippen LogP contribution in [-0.2, 0) is 17.6 Å². The van der Waals surface area contributed by atoms with Crippen LogP contribution in [0.2, 0.25) is 0 Å². The normalized spacial score (nSPS) is 18.2. The van der Waals surface area contributed by atoms with Gasteiger partial charge in [-0.25, -0.2) is 0 Å². The van der Waals surface area contributed by atoms with Crippen molar-refractivity contribution in [3.05, 3.63) is 34.9 Å². The molecule has 5 nitrogen and oxygen atoms in total. The Balaban J connectivity index is 1.42. The second-order valence-electron chi connectivity index (χ2n) is 6.41. The van der Waals surface area contributed by atoms with Gasteiger partial charge in [-0.1, -0.05) is 35.2 Å². The van der Waals surface area contributed by atoms with Crippen LogP contribution in [0.1, 0.15) is 34.8 Å². The second-order valence-corrected chi connectivity index (χ2v) is 8.96. The second kappa shape index (κ2) is 7.43. The third kappa shape index (κ3) is 3.73. The summed E-state index contributed by atoms with van der Waals surface area (Å²) in [5, 5.41) is 9.30. The molecule has 1 saturated heterocycles. The molecule has 0 bridgehead atoms. The first-order chi connectivity index (χ1) is 12.2. The fourth-order valence-electron chi connectivity index (χ4n) is 3.30. The molecule has 2 heterocycles. The highest BCUT2D eigenvalue weighted by molar-refractivity contribution is 8.02. The quantitative estimate of drug-likeness (QED) is 0.591. The fraction of sp³-hybridized carbons (Fsp3) is 0.500. The molecular formula is C18H21N3O2S2. The summed E-state index contributed by atoms with van der Waals surface area (Å²) in [4.78, 5) is 15.0. The van der Waals surface area contributed by atoms with E-state index in [1.54, 1.807) is 11.3 Å². The molecule has 1 aromatic carbocycles. The van der Waals surface area contributed by atoms with E-state index >= 15 is 0 Å². The number of thioether (sulfide) groups is 1. The molecule has 0 unspecified atom stereocenters. The number of benzene rings is 1. The maximum absolute atomic E-state index is 12.8. The number of ketones is 1. The van der Waals surface area contributed by atoms with Gasteiger partial charge in [-0.2, -0.15) is 0 Å². The van der Waals surface area contributed by atoms with Crippen LogP contribution in [0.3, 0.4) is 0 Å². The maximum atomic E-state index is 12.8. The molecule has 0 radical (unpaired) electrons. The molecule has 1 fully saturated rings. The maximum Gasteiger partial charge on any atom is 0.209 e. The zero-order valence-corrected chi connectivity index (χ0v) is 15.9. The Hall–Kier alpha value is -1.44. The number of hydrogen-bond donors (Lipinski definition) is 0. The summed E-state index contributed by atoms with van der Waals surface area (Å²) in [7, 11) is 0. The number of ether oxygens (including phenoxy) is 1. The first-order valence-corrected chi connectivity index (χ1v) is 10.4. The number of aromatic nitrogens is 2. The molecule has 1 atom stereocenters. The third-order valence-corrected chi connectivity index (χ3v) is 6.88. The SMILES string of the molecule is C[C@@H](Sc1nnc(N2CCOCC2)s1)C(=O)c1ccc2c(c1)CCC2. The average Bonchev–Trinajstić information content (AvgIpc) is 3.30. The first-order valence-electron chi connectivity index (χ1n) is 8.69. The van der Waals surface area contributed by atoms with Crippen molar-refractivity contribution < 1.29 is 9.53 Å². The molecule has 1 aliphatic heterocycles. The van der Waals surface area contributed by atoms with E-state index in [-0.39, 0.29) is 11.0 Å². The van der Waals surface area contributed by atoms with Crippen molar-refractivity contribution in [3.8, 4) is 0 Å². The molecule has 4 rings (SSSR count). The summed E-state index contributed by atoms with van der Waals surface area (Å²) in [6, 6.07) is 6.18. The van der Waals surface area contributed by atoms with Gasteiger partial charge in [0.15, 0.2) is 10.1 Å². The summed E-state index contributed by atoms with van der Waals surface area (Å²) in [6.07, 6.45) is 3.44. The molecule has 0 spiro atoms. The summed E-state index contributed by atoms with van der Waals surface area (Å²) < 4.78 is 6.22. The van der Waals surface area contributed by atoms with Crippen LogP contribution in [0.5, 0.6) is 0 Å². The third-order valence-electron chi connectivity index (χ3n) is 4.71. The van der Waals surface area contributed by atoms with Gasteiger partial charge in [0, 0.05) is 18.7 Å². The van der Waals surface area contributed by atoms with Gasteiger partial charge >= 0.3 is 0 Å². The van der Waals surface area contributed by atoms with Crippen LogP contribution in [-0.4, -0.2) is 47.5 Å². The van der Waals surface area contributed by atoms with Gasteiger partial charge in [0.25, 0.3) is 0 Å². The van der Waals surface area contributed by atoms with E-state index < -0.39 is 0 Å². The van der Waals surface area contributed by atoms with E-state index in [1.807, 2.05) is 13.0 Å². The molecule has 0 amide bonds. The van der Waals surface area contributed by atoms with Crippen LogP contribution < -0.4 is 4.90 Å². The Morgan fingerprint density at radius 2 is 2.04 bits per heavy atom. The monoisotopic (exact) mass is 375 g/mol. The van der Waals surface area contributed by atoms with Crippen molar-refractivity contribution in [1.29, 1.82) is 0 Å². The number of anilines is 1. The minimum atomic E-state index is -0.162. The number of hydrogen-bond acceptors (Lipinski definition) is 7. The lowest BCUT2D eigenvalue weighted by Crippen LogP contribution is -2.36. The Labute approximate surface area is 155 Å². The zero-order valence-electron chi connectivity index (χ0n) is 14.2. The van der Waals surface area contributed by atoms with E-state index in [1.165, 1.54) is 29.3 Å². The van der Waals surface area contributed by atoms with E-state index in [4.69, 9.17) is 4.74 Å². The van der Waals surface area contributed by atoms with Gasteiger partial charge in [-0.3, -0.25) is 4.79 Å². The highest BCUT2D eigenvalue weighted by Gasteiger charge is 2.22. The predicted octanol–water partition coefficient (Wildman–Crippen LogP) is 3.23. The number of nitrogens with zero attached hydrogens (tertiary/aromatic N) is 3. The molecule has 2 aromatic rings. The van der Waals surface area contributed by atoms with Crippen molar-refractivity contribution in [2.45, 2.75) is 35.8 Å². The highest BCUT2D eigenvalue weighted by atomic mass is 32.2. The van der Waals surface area contributed by atoms with Gasteiger partial charge in [0.2, 0.25) is 5.13 Å². The smallest absolute Gasteiger partial charge is 0.209 e. The van der Waals surface area contributed by atoms with Crippen molar-refractivity contribution in [2.24, 2.45) is 0 Å². The van der Waals surface area contributed by atoms with E-state index in [0.717, 1.165) is 54.2 Å². The molecule has 1 aromatic heterocycles. The largest absolute Gasteiger partial charge is 0.378 e. The van der Waals surface area contributed by atoms with E-state index in [2.05, 4.69) is 27.2 Å². The molecule has 7 heteroatoms. The van der Waals surface area contributed by atoms with Gasteiger partial charge in [-0.05, 0) is 43.4 Å². The average molecular weight is 376 g/mol. The summed E-state index contributed by atoms with van der Waals surface area (Å²) in [5.74, 6) is 0.169. The number of carbonyl (C=O) groups excluding carboxylic acids is 1.